The Bertz CT molecular complexity index is 644. The highest BCUT2D eigenvalue weighted by atomic mass is 35.5. The van der Waals surface area contributed by atoms with Crippen LogP contribution in [0.4, 0.5) is 11.4 Å². The Morgan fingerprint density at radius 3 is 3.08 bits per heavy atom. The highest BCUT2D eigenvalue weighted by Crippen LogP contribution is 2.36. The maximum absolute atomic E-state index is 12.3. The second kappa shape index (κ2) is 7.40. The number of carbonyl (C=O) groups excluding carboxylic acids is 2. The summed E-state index contributed by atoms with van der Waals surface area (Å²) < 4.78 is 5.36. The molecule has 2 aliphatic rings. The van der Waals surface area contributed by atoms with Crippen LogP contribution in [-0.2, 0) is 9.59 Å². The normalized spacial score (nSPS) is 21.2. The molecule has 0 bridgehead atoms. The van der Waals surface area contributed by atoms with E-state index in [9.17, 15) is 9.59 Å². The highest BCUT2D eigenvalue weighted by Gasteiger charge is 2.23. The molecular weight excluding hydrogens is 330 g/mol. The number of piperidine rings is 1. The fourth-order valence-corrected chi connectivity index (χ4v) is 3.43. The van der Waals surface area contributed by atoms with Gasteiger partial charge in [-0.2, -0.15) is 0 Å². The number of amides is 2. The third kappa shape index (κ3) is 3.99. The number of nitrogens with one attached hydrogen (secondary N) is 3. The number of hydrogen-bond acceptors (Lipinski definition) is 4. The van der Waals surface area contributed by atoms with E-state index >= 15 is 0 Å². The molecule has 2 amide bonds. The second-order valence-corrected chi connectivity index (χ2v) is 6.91. The summed E-state index contributed by atoms with van der Waals surface area (Å²) in [5.41, 5.74) is 1.03. The smallest absolute Gasteiger partial charge is 0.262 e. The molecule has 0 radical (unpaired) electrons. The maximum Gasteiger partial charge on any atom is 0.262 e. The van der Waals surface area contributed by atoms with Crippen LogP contribution >= 0.6 is 11.6 Å². The molecule has 6 nitrogen and oxygen atoms in total. The number of benzene rings is 1. The van der Waals surface area contributed by atoms with Crippen LogP contribution < -0.4 is 20.7 Å². The van der Waals surface area contributed by atoms with Crippen molar-refractivity contribution in [2.24, 2.45) is 11.8 Å². The van der Waals surface area contributed by atoms with Crippen molar-refractivity contribution in [1.29, 1.82) is 0 Å². The minimum absolute atomic E-state index is 0.0340. The Labute approximate surface area is 146 Å². The molecule has 24 heavy (non-hydrogen) atoms. The van der Waals surface area contributed by atoms with E-state index in [1.54, 1.807) is 12.1 Å². The van der Waals surface area contributed by atoms with Crippen molar-refractivity contribution in [3.8, 4) is 5.75 Å². The number of carbonyl (C=O) groups is 2. The molecule has 3 rings (SSSR count). The fourth-order valence-electron chi connectivity index (χ4n) is 3.22. The lowest BCUT2D eigenvalue weighted by atomic mass is 9.85. The largest absolute Gasteiger partial charge is 0.482 e. The summed E-state index contributed by atoms with van der Waals surface area (Å²) in [6, 6.07) is 3.25. The van der Waals surface area contributed by atoms with E-state index in [-0.39, 0.29) is 18.4 Å². The number of fused-ring (bicyclic) bond motifs is 1. The fraction of sp³-hybridized carbons (Fsp3) is 0.529. The first-order valence-corrected chi connectivity index (χ1v) is 8.67. The van der Waals surface area contributed by atoms with Gasteiger partial charge in [-0.25, -0.2) is 0 Å². The Hall–Kier alpha value is -1.79. The summed E-state index contributed by atoms with van der Waals surface area (Å²) >= 11 is 6.21. The zero-order valence-corrected chi connectivity index (χ0v) is 14.4. The van der Waals surface area contributed by atoms with Gasteiger partial charge in [-0.15, -0.1) is 0 Å². The second-order valence-electron chi connectivity index (χ2n) is 6.50. The lowest BCUT2D eigenvalue weighted by Gasteiger charge is -2.28. The zero-order chi connectivity index (χ0) is 17.1. The first-order valence-electron chi connectivity index (χ1n) is 8.29. The zero-order valence-electron chi connectivity index (χ0n) is 13.7. The lowest BCUT2D eigenvalue weighted by Crippen LogP contribution is -2.34. The Balaban J connectivity index is 1.62. The number of rotatable bonds is 4. The van der Waals surface area contributed by atoms with Gasteiger partial charge in [-0.05, 0) is 43.8 Å². The molecule has 2 unspecified atom stereocenters. The Morgan fingerprint density at radius 2 is 2.33 bits per heavy atom. The summed E-state index contributed by atoms with van der Waals surface area (Å²) in [5.74, 6) is 1.07. The summed E-state index contributed by atoms with van der Waals surface area (Å²) in [7, 11) is 0. The van der Waals surface area contributed by atoms with Crippen LogP contribution in [0.1, 0.15) is 26.2 Å². The van der Waals surface area contributed by atoms with Crippen molar-refractivity contribution in [2.75, 3.05) is 30.3 Å². The average Bonchev–Trinajstić information content (AvgIpc) is 2.56. The maximum atomic E-state index is 12.3. The van der Waals surface area contributed by atoms with E-state index in [0.717, 1.165) is 25.9 Å². The molecule has 7 heteroatoms. The van der Waals surface area contributed by atoms with Crippen LogP contribution in [-0.4, -0.2) is 31.5 Å². The van der Waals surface area contributed by atoms with Crippen molar-refractivity contribution >= 4 is 34.8 Å². The molecule has 1 saturated heterocycles. The monoisotopic (exact) mass is 351 g/mol. The van der Waals surface area contributed by atoms with E-state index in [0.29, 0.717) is 40.4 Å². The standard InChI is InChI=1S/C17H22ClN3O3/c1-10(11-3-2-4-19-8-11)5-16(22)20-13-7-15-14(6-12(13)18)21-17(23)9-24-15/h6-7,10-11,19H,2-5,8-9H2,1H3,(H,20,22)(H,21,23). The van der Waals surface area contributed by atoms with Crippen molar-refractivity contribution in [1.82, 2.24) is 5.32 Å². The van der Waals surface area contributed by atoms with Gasteiger partial charge in [0.2, 0.25) is 5.91 Å². The van der Waals surface area contributed by atoms with E-state index in [2.05, 4.69) is 22.9 Å². The molecule has 130 valence electrons. The first kappa shape index (κ1) is 17.0. The van der Waals surface area contributed by atoms with Crippen LogP contribution in [0.25, 0.3) is 0 Å². The predicted molar refractivity (Wildman–Crippen MR) is 93.6 cm³/mol. The Morgan fingerprint density at radius 1 is 1.50 bits per heavy atom. The summed E-state index contributed by atoms with van der Waals surface area (Å²) in [6.45, 7) is 4.12. The highest BCUT2D eigenvalue weighted by molar-refractivity contribution is 6.34. The van der Waals surface area contributed by atoms with Gasteiger partial charge in [0.15, 0.2) is 6.61 Å². The summed E-state index contributed by atoms with van der Waals surface area (Å²) in [6.07, 6.45) is 2.78. The topological polar surface area (TPSA) is 79.5 Å². The predicted octanol–water partition coefficient (Wildman–Crippen LogP) is 2.64. The molecule has 0 aliphatic carbocycles. The van der Waals surface area contributed by atoms with Gasteiger partial charge >= 0.3 is 0 Å². The van der Waals surface area contributed by atoms with Crippen molar-refractivity contribution < 1.29 is 14.3 Å². The molecular formula is C17H22ClN3O3. The third-order valence-electron chi connectivity index (χ3n) is 4.62. The summed E-state index contributed by atoms with van der Waals surface area (Å²) in [5, 5.41) is 9.30. The summed E-state index contributed by atoms with van der Waals surface area (Å²) in [4.78, 5) is 23.7. The van der Waals surface area contributed by atoms with Gasteiger partial charge in [-0.3, -0.25) is 9.59 Å². The van der Waals surface area contributed by atoms with Gasteiger partial charge < -0.3 is 20.7 Å². The van der Waals surface area contributed by atoms with Gasteiger partial charge in [0.25, 0.3) is 5.91 Å². The van der Waals surface area contributed by atoms with E-state index < -0.39 is 0 Å². The van der Waals surface area contributed by atoms with Crippen molar-refractivity contribution in [3.05, 3.63) is 17.2 Å². The van der Waals surface area contributed by atoms with Crippen molar-refractivity contribution in [2.45, 2.75) is 26.2 Å². The van der Waals surface area contributed by atoms with Crippen LogP contribution in [0.5, 0.6) is 5.75 Å². The van der Waals surface area contributed by atoms with E-state index in [1.807, 2.05) is 0 Å². The number of anilines is 2. The Kier molecular flexibility index (Phi) is 5.26. The van der Waals surface area contributed by atoms with Gasteiger partial charge in [-0.1, -0.05) is 18.5 Å². The van der Waals surface area contributed by atoms with Gasteiger partial charge in [0.05, 0.1) is 16.4 Å². The van der Waals surface area contributed by atoms with Crippen LogP contribution in [0.2, 0.25) is 5.02 Å². The molecule has 1 fully saturated rings. The van der Waals surface area contributed by atoms with Crippen LogP contribution in [0.15, 0.2) is 12.1 Å². The molecule has 2 aliphatic heterocycles. The lowest BCUT2D eigenvalue weighted by molar-refractivity contribution is -0.119. The van der Waals surface area contributed by atoms with Gasteiger partial charge in [0, 0.05) is 12.5 Å². The number of hydrogen-bond donors (Lipinski definition) is 3. The van der Waals surface area contributed by atoms with Crippen LogP contribution in [0, 0.1) is 11.8 Å². The van der Waals surface area contributed by atoms with E-state index in [4.69, 9.17) is 16.3 Å². The van der Waals surface area contributed by atoms with Crippen LogP contribution in [0.3, 0.4) is 0 Å². The quantitative estimate of drug-likeness (QED) is 0.779. The van der Waals surface area contributed by atoms with Crippen molar-refractivity contribution in [3.63, 3.8) is 0 Å². The molecule has 1 aromatic rings. The molecule has 2 heterocycles. The molecule has 0 aromatic heterocycles. The average molecular weight is 352 g/mol. The number of halogens is 1. The minimum Gasteiger partial charge on any atom is -0.482 e. The first-order chi connectivity index (χ1) is 11.5. The molecule has 2 atom stereocenters. The minimum atomic E-state index is -0.217. The molecule has 0 spiro atoms. The molecule has 1 aromatic carbocycles. The SMILES string of the molecule is CC(CC(=O)Nc1cc2c(cc1Cl)NC(=O)CO2)C1CCCNC1. The van der Waals surface area contributed by atoms with Gasteiger partial charge in [0.1, 0.15) is 5.75 Å². The van der Waals surface area contributed by atoms with E-state index in [1.165, 1.54) is 0 Å². The molecule has 0 saturated carbocycles. The third-order valence-corrected chi connectivity index (χ3v) is 4.94. The number of ether oxygens (including phenoxy) is 1. The molecule has 3 N–H and O–H groups in total.